The van der Waals surface area contributed by atoms with Crippen LogP contribution in [0.15, 0.2) is 42.5 Å². The van der Waals surface area contributed by atoms with Crippen molar-refractivity contribution >= 4 is 23.2 Å². The van der Waals surface area contributed by atoms with Crippen molar-refractivity contribution in [3.05, 3.63) is 58.9 Å². The van der Waals surface area contributed by atoms with Gasteiger partial charge in [-0.25, -0.2) is 4.39 Å². The molecule has 1 heterocycles. The summed E-state index contributed by atoms with van der Waals surface area (Å²) in [5.41, 5.74) is 1.26. The van der Waals surface area contributed by atoms with E-state index in [1.165, 1.54) is 18.2 Å². The lowest BCUT2D eigenvalue weighted by molar-refractivity contribution is -0.117. The molecule has 132 valence electrons. The number of hydrogen-bond acceptors (Lipinski definition) is 3. The third-order valence-electron chi connectivity index (χ3n) is 4.41. The molecule has 1 fully saturated rings. The van der Waals surface area contributed by atoms with Crippen LogP contribution in [-0.4, -0.2) is 31.0 Å². The number of anilines is 1. The van der Waals surface area contributed by atoms with E-state index in [0.29, 0.717) is 5.02 Å². The number of rotatable bonds is 5. The molecule has 1 N–H and O–H groups in total. The molecule has 2 aromatic rings. The largest absolute Gasteiger partial charge is 0.497 e. The fourth-order valence-electron chi connectivity index (χ4n) is 3.19. The summed E-state index contributed by atoms with van der Waals surface area (Å²) in [6.45, 7) is 1.05. The Morgan fingerprint density at radius 3 is 2.80 bits per heavy atom. The smallest absolute Gasteiger partial charge is 0.238 e. The van der Waals surface area contributed by atoms with E-state index in [-0.39, 0.29) is 24.2 Å². The van der Waals surface area contributed by atoms with E-state index < -0.39 is 5.82 Å². The summed E-state index contributed by atoms with van der Waals surface area (Å²) in [5.74, 6) is 0.0647. The van der Waals surface area contributed by atoms with Gasteiger partial charge in [-0.2, -0.15) is 0 Å². The Balaban J connectivity index is 1.66. The molecule has 0 aliphatic carbocycles. The fourth-order valence-corrected chi connectivity index (χ4v) is 3.36. The van der Waals surface area contributed by atoms with Crippen LogP contribution in [0, 0.1) is 5.82 Å². The van der Waals surface area contributed by atoms with Gasteiger partial charge < -0.3 is 10.1 Å². The standard InChI is InChI=1S/C19H20ClFN2O2/c1-25-15-7-4-13(5-8-15)18-3-2-10-23(18)12-19(24)22-17-11-14(20)6-9-16(17)21/h4-9,11,18H,2-3,10,12H2,1H3,(H,22,24)/t18-/m1/s1. The summed E-state index contributed by atoms with van der Waals surface area (Å²) in [7, 11) is 1.64. The van der Waals surface area contributed by atoms with Gasteiger partial charge in [0.05, 0.1) is 19.3 Å². The number of methoxy groups -OCH3 is 1. The second-order valence-corrected chi connectivity index (χ2v) is 6.51. The van der Waals surface area contributed by atoms with E-state index in [1.54, 1.807) is 7.11 Å². The van der Waals surface area contributed by atoms with Gasteiger partial charge in [0, 0.05) is 11.1 Å². The predicted molar refractivity (Wildman–Crippen MR) is 96.6 cm³/mol. The normalized spacial score (nSPS) is 17.5. The number of benzene rings is 2. The average Bonchev–Trinajstić information content (AvgIpc) is 3.06. The Kier molecular flexibility index (Phi) is 5.56. The minimum absolute atomic E-state index is 0.109. The summed E-state index contributed by atoms with van der Waals surface area (Å²) >= 11 is 5.86. The maximum Gasteiger partial charge on any atom is 0.238 e. The van der Waals surface area contributed by atoms with Crippen molar-refractivity contribution in [1.82, 2.24) is 4.90 Å². The van der Waals surface area contributed by atoms with Crippen LogP contribution < -0.4 is 10.1 Å². The number of ether oxygens (including phenoxy) is 1. The third-order valence-corrected chi connectivity index (χ3v) is 4.65. The molecule has 25 heavy (non-hydrogen) atoms. The Morgan fingerprint density at radius 2 is 2.08 bits per heavy atom. The second-order valence-electron chi connectivity index (χ2n) is 6.07. The van der Waals surface area contributed by atoms with Gasteiger partial charge in [-0.05, 0) is 55.3 Å². The zero-order chi connectivity index (χ0) is 17.8. The maximum absolute atomic E-state index is 13.8. The van der Waals surface area contributed by atoms with Crippen molar-refractivity contribution < 1.29 is 13.9 Å². The van der Waals surface area contributed by atoms with E-state index in [0.717, 1.165) is 30.7 Å². The molecule has 1 aliphatic heterocycles. The van der Waals surface area contributed by atoms with Crippen molar-refractivity contribution in [3.63, 3.8) is 0 Å². The Morgan fingerprint density at radius 1 is 1.32 bits per heavy atom. The highest BCUT2D eigenvalue weighted by Crippen LogP contribution is 2.32. The summed E-state index contributed by atoms with van der Waals surface area (Å²) in [4.78, 5) is 14.4. The SMILES string of the molecule is COc1ccc([C@H]2CCCN2CC(=O)Nc2cc(Cl)ccc2F)cc1. The van der Waals surface area contributed by atoms with Gasteiger partial charge in [0.25, 0.3) is 0 Å². The molecule has 3 rings (SSSR count). The van der Waals surface area contributed by atoms with Crippen LogP contribution in [0.3, 0.4) is 0 Å². The lowest BCUT2D eigenvalue weighted by atomic mass is 10.0. The molecule has 1 aliphatic rings. The van der Waals surface area contributed by atoms with E-state index in [4.69, 9.17) is 16.3 Å². The Hall–Kier alpha value is -2.11. The number of hydrogen-bond donors (Lipinski definition) is 1. The number of likely N-dealkylation sites (tertiary alicyclic amines) is 1. The molecule has 0 spiro atoms. The summed E-state index contributed by atoms with van der Waals surface area (Å²) in [5, 5.41) is 2.99. The summed E-state index contributed by atoms with van der Waals surface area (Å²) in [6.07, 6.45) is 2.01. The summed E-state index contributed by atoms with van der Waals surface area (Å²) < 4.78 is 18.9. The van der Waals surface area contributed by atoms with Crippen molar-refractivity contribution in [3.8, 4) is 5.75 Å². The third kappa shape index (κ3) is 4.30. The molecule has 1 atom stereocenters. The van der Waals surface area contributed by atoms with Gasteiger partial charge in [0.15, 0.2) is 0 Å². The van der Waals surface area contributed by atoms with Crippen LogP contribution in [0.1, 0.15) is 24.4 Å². The van der Waals surface area contributed by atoms with Crippen LogP contribution in [-0.2, 0) is 4.79 Å². The van der Waals surface area contributed by atoms with Gasteiger partial charge in [0.2, 0.25) is 5.91 Å². The number of carbonyl (C=O) groups excluding carboxylic acids is 1. The molecule has 0 unspecified atom stereocenters. The molecular weight excluding hydrogens is 343 g/mol. The van der Waals surface area contributed by atoms with Crippen molar-refractivity contribution in [2.75, 3.05) is 25.5 Å². The highest BCUT2D eigenvalue weighted by molar-refractivity contribution is 6.30. The number of amides is 1. The lowest BCUT2D eigenvalue weighted by Gasteiger charge is -2.24. The average molecular weight is 363 g/mol. The minimum atomic E-state index is -0.495. The molecule has 6 heteroatoms. The Bertz CT molecular complexity index is 752. The van der Waals surface area contributed by atoms with Gasteiger partial charge in [-0.1, -0.05) is 23.7 Å². The zero-order valence-electron chi connectivity index (χ0n) is 14.0. The molecule has 1 saturated heterocycles. The maximum atomic E-state index is 13.8. The van der Waals surface area contributed by atoms with Gasteiger partial charge >= 0.3 is 0 Å². The first-order chi connectivity index (χ1) is 12.1. The first-order valence-electron chi connectivity index (χ1n) is 8.19. The fraction of sp³-hybridized carbons (Fsp3) is 0.316. The van der Waals surface area contributed by atoms with Gasteiger partial charge in [-0.15, -0.1) is 0 Å². The van der Waals surface area contributed by atoms with Crippen molar-refractivity contribution in [2.24, 2.45) is 0 Å². The first-order valence-corrected chi connectivity index (χ1v) is 8.57. The molecular formula is C19H20ClFN2O2. The van der Waals surface area contributed by atoms with Crippen LogP contribution in [0.5, 0.6) is 5.75 Å². The number of carbonyl (C=O) groups is 1. The number of halogens is 2. The van der Waals surface area contributed by atoms with Crippen LogP contribution in [0.2, 0.25) is 5.02 Å². The molecule has 0 bridgehead atoms. The number of nitrogens with zero attached hydrogens (tertiary/aromatic N) is 1. The highest BCUT2D eigenvalue weighted by atomic mass is 35.5. The molecule has 2 aromatic carbocycles. The van der Waals surface area contributed by atoms with Crippen LogP contribution in [0.4, 0.5) is 10.1 Å². The first kappa shape index (κ1) is 17.7. The number of nitrogens with one attached hydrogen (secondary N) is 1. The van der Waals surface area contributed by atoms with Crippen molar-refractivity contribution in [2.45, 2.75) is 18.9 Å². The molecule has 0 aromatic heterocycles. The minimum Gasteiger partial charge on any atom is -0.497 e. The predicted octanol–water partition coefficient (Wildman–Crippen LogP) is 4.26. The van der Waals surface area contributed by atoms with E-state index >= 15 is 0 Å². The second kappa shape index (κ2) is 7.85. The quantitative estimate of drug-likeness (QED) is 0.863. The molecule has 4 nitrogen and oxygen atoms in total. The van der Waals surface area contributed by atoms with Gasteiger partial charge in [0.1, 0.15) is 11.6 Å². The molecule has 0 saturated carbocycles. The van der Waals surface area contributed by atoms with Crippen LogP contribution in [0.25, 0.3) is 0 Å². The van der Waals surface area contributed by atoms with E-state index in [2.05, 4.69) is 10.2 Å². The molecule has 1 amide bonds. The molecule has 0 radical (unpaired) electrons. The topological polar surface area (TPSA) is 41.6 Å². The highest BCUT2D eigenvalue weighted by Gasteiger charge is 2.27. The van der Waals surface area contributed by atoms with Crippen LogP contribution >= 0.6 is 11.6 Å². The van der Waals surface area contributed by atoms with Crippen molar-refractivity contribution in [1.29, 1.82) is 0 Å². The van der Waals surface area contributed by atoms with E-state index in [1.807, 2.05) is 24.3 Å². The lowest BCUT2D eigenvalue weighted by Crippen LogP contribution is -2.33. The van der Waals surface area contributed by atoms with Gasteiger partial charge in [-0.3, -0.25) is 9.69 Å². The summed E-state index contributed by atoms with van der Waals surface area (Å²) in [6, 6.07) is 12.2. The zero-order valence-corrected chi connectivity index (χ0v) is 14.7. The monoisotopic (exact) mass is 362 g/mol. The van der Waals surface area contributed by atoms with E-state index in [9.17, 15) is 9.18 Å². The Labute approximate surface area is 151 Å².